The number of halogens is 6. The van der Waals surface area contributed by atoms with Gasteiger partial charge in [-0.15, -0.1) is 12.4 Å². The van der Waals surface area contributed by atoms with E-state index in [9.17, 15) is 22.0 Å². The van der Waals surface area contributed by atoms with E-state index in [0.29, 0.717) is 0 Å². The van der Waals surface area contributed by atoms with Crippen molar-refractivity contribution in [2.24, 2.45) is 5.73 Å². The summed E-state index contributed by atoms with van der Waals surface area (Å²) in [5.41, 5.74) is 4.24. The molecule has 7 heteroatoms. The predicted octanol–water partition coefficient (Wildman–Crippen LogP) is 3.02. The van der Waals surface area contributed by atoms with E-state index in [1.54, 1.807) is 0 Å². The van der Waals surface area contributed by atoms with E-state index in [4.69, 9.17) is 5.73 Å². The summed E-state index contributed by atoms with van der Waals surface area (Å²) in [5, 5.41) is 0. The Morgan fingerprint density at radius 1 is 1.06 bits per heavy atom. The number of benzene rings is 1. The number of nitrogens with two attached hydrogens (primary N) is 1. The molecule has 16 heavy (non-hydrogen) atoms. The van der Waals surface area contributed by atoms with Crippen LogP contribution in [0.15, 0.2) is 6.07 Å². The highest BCUT2D eigenvalue weighted by Crippen LogP contribution is 2.25. The zero-order valence-corrected chi connectivity index (χ0v) is 8.76. The number of rotatable bonds is 3. The maximum atomic E-state index is 13.0. The molecule has 0 saturated carbocycles. The minimum Gasteiger partial charge on any atom is -0.324 e. The van der Waals surface area contributed by atoms with Crippen molar-refractivity contribution in [3.8, 4) is 0 Å². The first-order valence-electron chi connectivity index (χ1n) is 4.13. The molecule has 1 rings (SSSR count). The van der Waals surface area contributed by atoms with Crippen LogP contribution in [0, 0.1) is 23.3 Å². The van der Waals surface area contributed by atoms with Crippen LogP contribution in [0.4, 0.5) is 22.0 Å². The zero-order valence-electron chi connectivity index (χ0n) is 7.94. The lowest BCUT2D eigenvalue weighted by Crippen LogP contribution is -2.17. The van der Waals surface area contributed by atoms with E-state index in [-0.39, 0.29) is 18.5 Å². The third kappa shape index (κ3) is 2.82. The highest BCUT2D eigenvalue weighted by Gasteiger charge is 2.23. The van der Waals surface area contributed by atoms with E-state index in [2.05, 4.69) is 0 Å². The van der Waals surface area contributed by atoms with Crippen molar-refractivity contribution in [3.05, 3.63) is 34.9 Å². The average Bonchev–Trinajstić information content (AvgIpc) is 2.16. The van der Waals surface area contributed by atoms with Crippen molar-refractivity contribution in [1.29, 1.82) is 0 Å². The highest BCUT2D eigenvalue weighted by atomic mass is 35.5. The van der Waals surface area contributed by atoms with Crippen LogP contribution in [0.3, 0.4) is 0 Å². The summed E-state index contributed by atoms with van der Waals surface area (Å²) in [6, 6.07) is -1.32. The molecule has 0 fully saturated rings. The van der Waals surface area contributed by atoms with Crippen LogP contribution < -0.4 is 5.73 Å². The molecular formula is C9H9ClF5N. The minimum atomic E-state index is -1.57. The van der Waals surface area contributed by atoms with Crippen molar-refractivity contribution < 1.29 is 22.0 Å². The molecule has 0 aromatic heterocycles. The molecule has 2 N–H and O–H groups in total. The van der Waals surface area contributed by atoms with Gasteiger partial charge in [0.1, 0.15) is 0 Å². The quantitative estimate of drug-likeness (QED) is 0.657. The molecule has 0 aliphatic rings. The Labute approximate surface area is 94.8 Å². The van der Waals surface area contributed by atoms with E-state index < -0.39 is 48.0 Å². The molecule has 0 saturated heterocycles. The molecule has 1 atom stereocenters. The molecule has 92 valence electrons. The average molecular weight is 262 g/mol. The van der Waals surface area contributed by atoms with E-state index in [0.717, 1.165) is 0 Å². The Balaban J connectivity index is 0.00000225. The van der Waals surface area contributed by atoms with E-state index in [1.165, 1.54) is 0 Å². The summed E-state index contributed by atoms with van der Waals surface area (Å²) in [4.78, 5) is 0. The van der Waals surface area contributed by atoms with E-state index in [1.807, 2.05) is 0 Å². The van der Waals surface area contributed by atoms with Gasteiger partial charge in [0.05, 0.1) is 6.67 Å². The lowest BCUT2D eigenvalue weighted by Gasteiger charge is -2.12. The largest absolute Gasteiger partial charge is 0.324 e. The molecule has 0 radical (unpaired) electrons. The Morgan fingerprint density at radius 2 is 1.50 bits per heavy atom. The van der Waals surface area contributed by atoms with Crippen molar-refractivity contribution >= 4 is 12.4 Å². The standard InChI is InChI=1S/C9H8F5N.ClH/c10-2-1-6(15)7-8(13)4(11)3-5(12)9(7)14;/h3,6H,1-2,15H2;1H/t6-;/m0./s1. The van der Waals surface area contributed by atoms with Crippen LogP contribution in [0.2, 0.25) is 0 Å². The van der Waals surface area contributed by atoms with Gasteiger partial charge in [-0.1, -0.05) is 0 Å². The predicted molar refractivity (Wildman–Crippen MR) is 51.0 cm³/mol. The summed E-state index contributed by atoms with van der Waals surface area (Å²) in [7, 11) is 0. The second-order valence-electron chi connectivity index (χ2n) is 2.97. The Bertz CT molecular complexity index is 345. The second kappa shape index (κ2) is 6.00. The van der Waals surface area contributed by atoms with Gasteiger partial charge in [0.25, 0.3) is 0 Å². The van der Waals surface area contributed by atoms with Gasteiger partial charge in [0.15, 0.2) is 23.3 Å². The maximum absolute atomic E-state index is 13.0. The molecule has 0 spiro atoms. The van der Waals surface area contributed by atoms with Crippen LogP contribution in [-0.4, -0.2) is 6.67 Å². The van der Waals surface area contributed by atoms with Gasteiger partial charge in [0.2, 0.25) is 0 Å². The molecular weight excluding hydrogens is 253 g/mol. The third-order valence-corrected chi connectivity index (χ3v) is 1.94. The normalized spacial score (nSPS) is 12.1. The van der Waals surface area contributed by atoms with Gasteiger partial charge in [-0.3, -0.25) is 4.39 Å². The lowest BCUT2D eigenvalue weighted by molar-refractivity contribution is 0.397. The second-order valence-corrected chi connectivity index (χ2v) is 2.97. The van der Waals surface area contributed by atoms with Crippen LogP contribution in [0.25, 0.3) is 0 Å². The molecule has 0 bridgehead atoms. The first kappa shape index (κ1) is 15.1. The SMILES string of the molecule is Cl.N[C@@H](CCF)c1c(F)c(F)cc(F)c1F. The fourth-order valence-corrected chi connectivity index (χ4v) is 1.18. The number of hydrogen-bond acceptors (Lipinski definition) is 1. The van der Waals surface area contributed by atoms with Crippen molar-refractivity contribution in [1.82, 2.24) is 0 Å². The van der Waals surface area contributed by atoms with Gasteiger partial charge >= 0.3 is 0 Å². The monoisotopic (exact) mass is 261 g/mol. The van der Waals surface area contributed by atoms with Crippen LogP contribution >= 0.6 is 12.4 Å². The summed E-state index contributed by atoms with van der Waals surface area (Å²) < 4.78 is 63.3. The lowest BCUT2D eigenvalue weighted by atomic mass is 10.0. The fraction of sp³-hybridized carbons (Fsp3) is 0.333. The van der Waals surface area contributed by atoms with Crippen LogP contribution in [0.1, 0.15) is 18.0 Å². The van der Waals surface area contributed by atoms with Gasteiger partial charge in [-0.05, 0) is 6.42 Å². The maximum Gasteiger partial charge on any atom is 0.166 e. The molecule has 1 nitrogen and oxygen atoms in total. The van der Waals surface area contributed by atoms with Crippen LogP contribution in [0.5, 0.6) is 0 Å². The first-order valence-corrected chi connectivity index (χ1v) is 4.13. The highest BCUT2D eigenvalue weighted by molar-refractivity contribution is 5.85. The molecule has 1 aromatic rings. The molecule has 0 aliphatic carbocycles. The number of hydrogen-bond donors (Lipinski definition) is 1. The molecule has 0 amide bonds. The first-order chi connectivity index (χ1) is 6.99. The fourth-order valence-electron chi connectivity index (χ4n) is 1.18. The van der Waals surface area contributed by atoms with Crippen LogP contribution in [-0.2, 0) is 0 Å². The molecule has 0 heterocycles. The van der Waals surface area contributed by atoms with Gasteiger partial charge < -0.3 is 5.73 Å². The van der Waals surface area contributed by atoms with E-state index >= 15 is 0 Å². The van der Waals surface area contributed by atoms with Crippen molar-refractivity contribution in [2.45, 2.75) is 12.5 Å². The smallest absolute Gasteiger partial charge is 0.166 e. The summed E-state index contributed by atoms with van der Waals surface area (Å²) in [6.45, 7) is -0.932. The third-order valence-electron chi connectivity index (χ3n) is 1.94. The van der Waals surface area contributed by atoms with Gasteiger partial charge in [0, 0.05) is 17.7 Å². The van der Waals surface area contributed by atoms with Gasteiger partial charge in [-0.25, -0.2) is 17.6 Å². The topological polar surface area (TPSA) is 26.0 Å². The Morgan fingerprint density at radius 3 is 1.88 bits per heavy atom. The van der Waals surface area contributed by atoms with Crippen molar-refractivity contribution in [3.63, 3.8) is 0 Å². The summed E-state index contributed by atoms with van der Waals surface area (Å²) >= 11 is 0. The summed E-state index contributed by atoms with van der Waals surface area (Å²) in [5.74, 6) is -6.24. The zero-order chi connectivity index (χ0) is 11.6. The molecule has 1 aromatic carbocycles. The Hall–Kier alpha value is -0.880. The van der Waals surface area contributed by atoms with Crippen molar-refractivity contribution in [2.75, 3.05) is 6.67 Å². The minimum absolute atomic E-state index is 0. The Kier molecular flexibility index (Phi) is 5.67. The molecule has 0 unspecified atom stereocenters. The molecule has 0 aliphatic heterocycles. The van der Waals surface area contributed by atoms with Gasteiger partial charge in [-0.2, -0.15) is 0 Å². The summed E-state index contributed by atoms with van der Waals surface area (Å²) in [6.07, 6.45) is -0.406. The number of alkyl halides is 1.